The van der Waals surface area contributed by atoms with Crippen molar-refractivity contribution in [3.8, 4) is 17.2 Å². The van der Waals surface area contributed by atoms with Crippen molar-refractivity contribution in [2.75, 3.05) is 14.2 Å². The highest BCUT2D eigenvalue weighted by atomic mass is 35.5. The molecule has 3 aromatic carbocycles. The normalized spacial score (nSPS) is 14.9. The van der Waals surface area contributed by atoms with Crippen molar-refractivity contribution in [2.45, 2.75) is 11.4 Å². The number of rotatable bonds is 8. The van der Waals surface area contributed by atoms with Crippen molar-refractivity contribution in [1.82, 2.24) is 4.90 Å². The minimum Gasteiger partial charge on any atom is -0.497 e. The average Bonchev–Trinajstić information content (AvgIpc) is 3.13. The van der Waals surface area contributed by atoms with Crippen molar-refractivity contribution in [2.24, 2.45) is 0 Å². The summed E-state index contributed by atoms with van der Waals surface area (Å²) in [5, 5.41) is 0.0501. The Hall–Kier alpha value is -3.47. The first kappa shape index (κ1) is 25.6. The molecule has 0 spiro atoms. The third-order valence-electron chi connectivity index (χ3n) is 5.19. The van der Waals surface area contributed by atoms with E-state index in [1.165, 1.54) is 56.7 Å². The lowest BCUT2D eigenvalue weighted by Gasteiger charge is -2.13. The molecule has 0 aliphatic carbocycles. The van der Waals surface area contributed by atoms with E-state index in [0.29, 0.717) is 21.9 Å². The van der Waals surface area contributed by atoms with Crippen LogP contribution in [-0.4, -0.2) is 38.7 Å². The smallest absolute Gasteiger partial charge is 0.339 e. The number of ether oxygens (including phenoxy) is 2. The van der Waals surface area contributed by atoms with Gasteiger partial charge in [-0.25, -0.2) is 0 Å². The minimum atomic E-state index is -4.13. The quantitative estimate of drug-likeness (QED) is 0.275. The van der Waals surface area contributed by atoms with Crippen molar-refractivity contribution in [3.05, 3.63) is 87.8 Å². The molecule has 1 heterocycles. The molecule has 1 fully saturated rings. The van der Waals surface area contributed by atoms with Crippen LogP contribution in [0.2, 0.25) is 5.02 Å². The maximum Gasteiger partial charge on any atom is 0.339 e. The number of hydrogen-bond acceptors (Lipinski definition) is 8. The molecular formula is C25H20ClNO7S2. The highest BCUT2D eigenvalue weighted by Gasteiger charge is 2.35. The summed E-state index contributed by atoms with van der Waals surface area (Å²) < 4.78 is 41.0. The van der Waals surface area contributed by atoms with Crippen LogP contribution in [0.1, 0.15) is 11.1 Å². The molecule has 3 aromatic rings. The topological polar surface area (TPSA) is 99.2 Å². The van der Waals surface area contributed by atoms with Gasteiger partial charge < -0.3 is 13.7 Å². The number of benzene rings is 3. The Bertz CT molecular complexity index is 1450. The molecule has 1 saturated heterocycles. The molecule has 0 radical (unpaired) electrons. The number of imide groups is 1. The third kappa shape index (κ3) is 5.51. The van der Waals surface area contributed by atoms with Crippen LogP contribution in [0.25, 0.3) is 6.08 Å². The fourth-order valence-corrected chi connectivity index (χ4v) is 5.31. The fraction of sp³-hybridized carbons (Fsp3) is 0.120. The highest BCUT2D eigenvalue weighted by molar-refractivity contribution is 8.18. The van der Waals surface area contributed by atoms with Crippen molar-refractivity contribution in [3.63, 3.8) is 0 Å². The van der Waals surface area contributed by atoms with Gasteiger partial charge in [0.25, 0.3) is 11.1 Å². The van der Waals surface area contributed by atoms with Crippen LogP contribution >= 0.6 is 23.4 Å². The molecule has 8 nitrogen and oxygen atoms in total. The van der Waals surface area contributed by atoms with E-state index in [4.69, 9.17) is 25.3 Å². The van der Waals surface area contributed by atoms with E-state index in [0.717, 1.165) is 16.7 Å². The predicted octanol–water partition coefficient (Wildman–Crippen LogP) is 5.36. The number of hydrogen-bond donors (Lipinski definition) is 0. The van der Waals surface area contributed by atoms with Gasteiger partial charge in [0.05, 0.1) is 25.7 Å². The third-order valence-corrected chi connectivity index (χ3v) is 7.72. The largest absolute Gasteiger partial charge is 0.497 e. The molecule has 0 N–H and O–H groups in total. The Morgan fingerprint density at radius 3 is 2.33 bits per heavy atom. The lowest BCUT2D eigenvalue weighted by molar-refractivity contribution is -0.123. The Balaban J connectivity index is 1.54. The molecule has 36 heavy (non-hydrogen) atoms. The summed E-state index contributed by atoms with van der Waals surface area (Å²) >= 11 is 6.97. The maximum atomic E-state index is 12.9. The molecule has 186 valence electrons. The molecule has 0 atom stereocenters. The highest BCUT2D eigenvalue weighted by Crippen LogP contribution is 2.36. The zero-order valence-corrected chi connectivity index (χ0v) is 21.5. The van der Waals surface area contributed by atoms with E-state index in [2.05, 4.69) is 0 Å². The van der Waals surface area contributed by atoms with Gasteiger partial charge in [-0.1, -0.05) is 35.9 Å². The van der Waals surface area contributed by atoms with Crippen LogP contribution in [-0.2, 0) is 21.5 Å². The number of halogens is 1. The fourth-order valence-electron chi connectivity index (χ4n) is 3.34. The predicted molar refractivity (Wildman–Crippen MR) is 137 cm³/mol. The molecule has 2 amide bonds. The first-order valence-corrected chi connectivity index (χ1v) is 13.1. The maximum absolute atomic E-state index is 12.9. The van der Waals surface area contributed by atoms with Crippen LogP contribution in [0.15, 0.2) is 76.5 Å². The van der Waals surface area contributed by atoms with Gasteiger partial charge in [0, 0.05) is 5.02 Å². The molecule has 0 aromatic heterocycles. The number of carbonyl (C=O) groups excluding carboxylic acids is 2. The van der Waals surface area contributed by atoms with Crippen LogP contribution < -0.4 is 13.7 Å². The van der Waals surface area contributed by atoms with E-state index >= 15 is 0 Å². The number of thioether (sulfide) groups is 1. The molecule has 4 rings (SSSR count). The Kier molecular flexibility index (Phi) is 7.58. The second kappa shape index (κ2) is 10.7. The minimum absolute atomic E-state index is 0.0303. The van der Waals surface area contributed by atoms with E-state index in [9.17, 15) is 18.0 Å². The molecule has 1 aliphatic heterocycles. The number of nitrogens with zero attached hydrogens (tertiary/aromatic N) is 1. The van der Waals surface area contributed by atoms with Crippen molar-refractivity contribution in [1.29, 1.82) is 0 Å². The Labute approximate surface area is 217 Å². The summed E-state index contributed by atoms with van der Waals surface area (Å²) in [5.41, 5.74) is 1.17. The van der Waals surface area contributed by atoms with Gasteiger partial charge in [-0.15, -0.1) is 0 Å². The van der Waals surface area contributed by atoms with Crippen molar-refractivity contribution < 1.29 is 31.7 Å². The summed E-state index contributed by atoms with van der Waals surface area (Å²) in [7, 11) is -1.29. The van der Waals surface area contributed by atoms with Gasteiger partial charge in [-0.2, -0.15) is 8.42 Å². The lowest BCUT2D eigenvalue weighted by Crippen LogP contribution is -2.27. The molecule has 0 unspecified atom stereocenters. The summed E-state index contributed by atoms with van der Waals surface area (Å²) in [5.74, 6) is 0.159. The van der Waals surface area contributed by atoms with E-state index in [1.54, 1.807) is 30.3 Å². The van der Waals surface area contributed by atoms with E-state index < -0.39 is 21.3 Å². The van der Waals surface area contributed by atoms with Gasteiger partial charge >= 0.3 is 10.1 Å². The van der Waals surface area contributed by atoms with Gasteiger partial charge in [0.1, 0.15) is 10.6 Å². The second-order valence-electron chi connectivity index (χ2n) is 7.48. The van der Waals surface area contributed by atoms with Gasteiger partial charge in [-0.05, 0) is 71.4 Å². The molecule has 1 aliphatic rings. The molecular weight excluding hydrogens is 526 g/mol. The van der Waals surface area contributed by atoms with Gasteiger partial charge in [0.2, 0.25) is 0 Å². The van der Waals surface area contributed by atoms with Crippen LogP contribution in [0.4, 0.5) is 4.79 Å². The van der Waals surface area contributed by atoms with Crippen molar-refractivity contribution >= 4 is 50.7 Å². The van der Waals surface area contributed by atoms with Crippen LogP contribution in [0.3, 0.4) is 0 Å². The zero-order chi connectivity index (χ0) is 25.9. The standard InChI is InChI=1S/C25H20ClNO7S2/c1-32-18-8-10-19(11-9-18)36(30,31)34-21-12-7-16(13-22(21)33-2)14-23-24(28)27(25(29)35-23)15-17-5-3-4-6-20(17)26/h3-14H,15H2,1-2H3/b23-14-. The molecule has 0 saturated carbocycles. The zero-order valence-electron chi connectivity index (χ0n) is 19.1. The first-order valence-electron chi connectivity index (χ1n) is 10.5. The second-order valence-corrected chi connectivity index (χ2v) is 10.4. The van der Waals surface area contributed by atoms with E-state index in [-0.39, 0.29) is 27.8 Å². The molecule has 0 bridgehead atoms. The summed E-state index contributed by atoms with van der Waals surface area (Å²) in [4.78, 5) is 26.6. The monoisotopic (exact) mass is 545 g/mol. The summed E-state index contributed by atoms with van der Waals surface area (Å²) in [6, 6.07) is 17.2. The van der Waals surface area contributed by atoms with Crippen LogP contribution in [0, 0.1) is 0 Å². The lowest BCUT2D eigenvalue weighted by atomic mass is 10.1. The van der Waals surface area contributed by atoms with Crippen LogP contribution in [0.5, 0.6) is 17.2 Å². The molecule has 11 heteroatoms. The number of amides is 2. The number of methoxy groups -OCH3 is 2. The average molecular weight is 546 g/mol. The van der Waals surface area contributed by atoms with Gasteiger partial charge in [-0.3, -0.25) is 14.5 Å². The number of carbonyl (C=O) groups is 2. The summed E-state index contributed by atoms with van der Waals surface area (Å²) in [6.45, 7) is 0.0565. The first-order chi connectivity index (χ1) is 17.2. The summed E-state index contributed by atoms with van der Waals surface area (Å²) in [6.07, 6.45) is 1.53. The van der Waals surface area contributed by atoms with E-state index in [1.807, 2.05) is 0 Å². The SMILES string of the molecule is COc1ccc(S(=O)(=O)Oc2ccc(/C=C3\SC(=O)N(Cc4ccccc4Cl)C3=O)cc2OC)cc1. The Morgan fingerprint density at radius 1 is 0.944 bits per heavy atom. The Morgan fingerprint density at radius 2 is 1.67 bits per heavy atom. The van der Waals surface area contributed by atoms with Gasteiger partial charge in [0.15, 0.2) is 11.5 Å².